The van der Waals surface area contributed by atoms with Crippen molar-refractivity contribution in [2.75, 3.05) is 13.7 Å². The van der Waals surface area contributed by atoms with Crippen molar-refractivity contribution in [2.24, 2.45) is 7.05 Å². The van der Waals surface area contributed by atoms with E-state index in [-0.39, 0.29) is 18.0 Å². The van der Waals surface area contributed by atoms with E-state index in [9.17, 15) is 4.39 Å². The Hall–Kier alpha value is -1.92. The molecule has 5 nitrogen and oxygen atoms in total. The molecule has 1 aliphatic heterocycles. The second-order valence-electron chi connectivity index (χ2n) is 5.91. The highest BCUT2D eigenvalue weighted by molar-refractivity contribution is 5.29. The summed E-state index contributed by atoms with van der Waals surface area (Å²) in [5.41, 5.74) is 2.95. The van der Waals surface area contributed by atoms with Gasteiger partial charge in [-0.05, 0) is 31.0 Å². The molecule has 1 aliphatic rings. The summed E-state index contributed by atoms with van der Waals surface area (Å²) in [5.74, 6) is 0.243. The van der Waals surface area contributed by atoms with Crippen LogP contribution in [0.25, 0.3) is 0 Å². The first-order valence-corrected chi connectivity index (χ1v) is 7.75. The van der Waals surface area contributed by atoms with Gasteiger partial charge in [0, 0.05) is 44.1 Å². The summed E-state index contributed by atoms with van der Waals surface area (Å²) < 4.78 is 26.4. The van der Waals surface area contributed by atoms with E-state index < -0.39 is 0 Å². The van der Waals surface area contributed by atoms with Crippen LogP contribution in [-0.2, 0) is 18.3 Å². The molecule has 0 spiro atoms. The minimum Gasteiger partial charge on any atom is -0.497 e. The summed E-state index contributed by atoms with van der Waals surface area (Å²) in [5, 5.41) is 7.86. The summed E-state index contributed by atoms with van der Waals surface area (Å²) in [6.07, 6.45) is 2.91. The van der Waals surface area contributed by atoms with Gasteiger partial charge in [-0.3, -0.25) is 4.68 Å². The number of methoxy groups -OCH3 is 1. The van der Waals surface area contributed by atoms with Crippen molar-refractivity contribution >= 4 is 0 Å². The zero-order valence-corrected chi connectivity index (χ0v) is 13.7. The highest BCUT2D eigenvalue weighted by atomic mass is 19.1. The number of aromatic nitrogens is 2. The van der Waals surface area contributed by atoms with Crippen molar-refractivity contribution in [3.63, 3.8) is 0 Å². The Bertz CT molecular complexity index is 686. The highest BCUT2D eigenvalue weighted by Crippen LogP contribution is 2.31. The van der Waals surface area contributed by atoms with Crippen LogP contribution in [0.4, 0.5) is 4.39 Å². The monoisotopic (exact) mass is 319 g/mol. The van der Waals surface area contributed by atoms with Crippen LogP contribution in [0.1, 0.15) is 29.3 Å². The zero-order chi connectivity index (χ0) is 16.4. The van der Waals surface area contributed by atoms with Gasteiger partial charge < -0.3 is 14.8 Å². The third kappa shape index (κ3) is 3.54. The first-order valence-electron chi connectivity index (χ1n) is 7.75. The molecule has 1 saturated heterocycles. The Labute approximate surface area is 135 Å². The molecule has 23 heavy (non-hydrogen) atoms. The van der Waals surface area contributed by atoms with Crippen LogP contribution in [0.5, 0.6) is 5.75 Å². The molecule has 124 valence electrons. The van der Waals surface area contributed by atoms with Crippen molar-refractivity contribution in [3.05, 3.63) is 47.0 Å². The van der Waals surface area contributed by atoms with Gasteiger partial charge in [-0.25, -0.2) is 4.39 Å². The fourth-order valence-corrected chi connectivity index (χ4v) is 3.09. The number of nitrogens with zero attached hydrogens (tertiary/aromatic N) is 2. The number of hydrogen-bond acceptors (Lipinski definition) is 4. The Morgan fingerprint density at radius 1 is 1.43 bits per heavy atom. The van der Waals surface area contributed by atoms with Crippen molar-refractivity contribution in [1.29, 1.82) is 0 Å². The van der Waals surface area contributed by atoms with Gasteiger partial charge >= 0.3 is 0 Å². The number of aryl methyl sites for hydroxylation is 2. The molecule has 3 rings (SSSR count). The van der Waals surface area contributed by atoms with E-state index in [0.29, 0.717) is 18.9 Å². The lowest BCUT2D eigenvalue weighted by atomic mass is 10.0. The number of ether oxygens (including phenoxy) is 2. The molecular formula is C17H22FN3O2. The van der Waals surface area contributed by atoms with Crippen LogP contribution in [0.3, 0.4) is 0 Å². The van der Waals surface area contributed by atoms with Crippen LogP contribution < -0.4 is 10.1 Å². The van der Waals surface area contributed by atoms with Gasteiger partial charge in [0.1, 0.15) is 17.7 Å². The lowest BCUT2D eigenvalue weighted by Gasteiger charge is -2.20. The number of hydrogen-bond donors (Lipinski definition) is 1. The molecule has 1 N–H and O–H groups in total. The van der Waals surface area contributed by atoms with E-state index in [2.05, 4.69) is 10.4 Å². The second-order valence-corrected chi connectivity index (χ2v) is 5.91. The molecule has 0 saturated carbocycles. The van der Waals surface area contributed by atoms with Gasteiger partial charge in [-0.15, -0.1) is 0 Å². The third-order valence-corrected chi connectivity index (χ3v) is 4.18. The number of benzene rings is 1. The zero-order valence-electron chi connectivity index (χ0n) is 13.7. The molecule has 2 aromatic rings. The van der Waals surface area contributed by atoms with E-state index in [4.69, 9.17) is 9.47 Å². The Kier molecular flexibility index (Phi) is 4.63. The fourth-order valence-electron chi connectivity index (χ4n) is 3.09. The lowest BCUT2D eigenvalue weighted by Crippen LogP contribution is -2.31. The van der Waals surface area contributed by atoms with E-state index >= 15 is 0 Å². The maximum absolute atomic E-state index is 13.6. The topological polar surface area (TPSA) is 48.3 Å². The first-order chi connectivity index (χ1) is 11.1. The maximum atomic E-state index is 13.6. The molecule has 1 aromatic carbocycles. The van der Waals surface area contributed by atoms with E-state index in [1.807, 2.05) is 26.2 Å². The molecule has 0 bridgehead atoms. The normalized spacial score (nSPS) is 20.9. The van der Waals surface area contributed by atoms with Gasteiger partial charge in [-0.1, -0.05) is 0 Å². The molecule has 0 radical (unpaired) electrons. The fraction of sp³-hybridized carbons (Fsp3) is 0.471. The second kappa shape index (κ2) is 6.68. The summed E-state index contributed by atoms with van der Waals surface area (Å²) in [6, 6.07) is 4.93. The van der Waals surface area contributed by atoms with Gasteiger partial charge in [0.05, 0.1) is 12.8 Å². The molecule has 0 unspecified atom stereocenters. The molecule has 1 aromatic heterocycles. The van der Waals surface area contributed by atoms with Crippen molar-refractivity contribution in [2.45, 2.75) is 32.0 Å². The van der Waals surface area contributed by atoms with Gasteiger partial charge in [0.15, 0.2) is 0 Å². The van der Waals surface area contributed by atoms with E-state index in [0.717, 1.165) is 23.2 Å². The molecule has 2 atom stereocenters. The maximum Gasteiger partial charge on any atom is 0.127 e. The third-order valence-electron chi connectivity index (χ3n) is 4.18. The average Bonchev–Trinajstić information content (AvgIpc) is 3.10. The quantitative estimate of drug-likeness (QED) is 0.920. The predicted molar refractivity (Wildman–Crippen MR) is 84.8 cm³/mol. The smallest absolute Gasteiger partial charge is 0.127 e. The summed E-state index contributed by atoms with van der Waals surface area (Å²) in [7, 11) is 3.45. The summed E-state index contributed by atoms with van der Waals surface area (Å²) >= 11 is 0. The SMILES string of the molecule is COc1cc(F)cc(CN[C@H]2CCO[C@@H]2c2cn(C)nc2C)c1. The van der Waals surface area contributed by atoms with Gasteiger partial charge in [-0.2, -0.15) is 5.10 Å². The largest absolute Gasteiger partial charge is 0.497 e. The number of rotatable bonds is 5. The van der Waals surface area contributed by atoms with E-state index in [1.165, 1.54) is 19.2 Å². The number of nitrogens with one attached hydrogen (secondary N) is 1. The highest BCUT2D eigenvalue weighted by Gasteiger charge is 2.31. The molecular weight excluding hydrogens is 297 g/mol. The van der Waals surface area contributed by atoms with Crippen LogP contribution in [0.2, 0.25) is 0 Å². The van der Waals surface area contributed by atoms with Gasteiger partial charge in [0.2, 0.25) is 0 Å². The average molecular weight is 319 g/mol. The summed E-state index contributed by atoms with van der Waals surface area (Å²) in [6.45, 7) is 3.27. The van der Waals surface area contributed by atoms with Crippen molar-refractivity contribution in [3.8, 4) is 5.75 Å². The lowest BCUT2D eigenvalue weighted by molar-refractivity contribution is 0.0979. The minimum atomic E-state index is -0.288. The van der Waals surface area contributed by atoms with Crippen LogP contribution in [0, 0.1) is 12.7 Å². The first kappa shape index (κ1) is 16.0. The Balaban J connectivity index is 1.70. The number of halogens is 1. The summed E-state index contributed by atoms with van der Waals surface area (Å²) in [4.78, 5) is 0. The van der Waals surface area contributed by atoms with Crippen LogP contribution >= 0.6 is 0 Å². The Morgan fingerprint density at radius 2 is 2.26 bits per heavy atom. The van der Waals surface area contributed by atoms with Crippen LogP contribution in [-0.4, -0.2) is 29.5 Å². The predicted octanol–water partition coefficient (Wildman–Crippen LogP) is 2.50. The molecule has 1 fully saturated rings. The van der Waals surface area contributed by atoms with E-state index in [1.54, 1.807) is 4.68 Å². The molecule has 6 heteroatoms. The van der Waals surface area contributed by atoms with Crippen LogP contribution in [0.15, 0.2) is 24.4 Å². The minimum absolute atomic E-state index is 0.0147. The molecule has 2 heterocycles. The standard InChI is InChI=1S/C17H22FN3O2/c1-11-15(10-21(2)20-11)17-16(4-5-23-17)19-9-12-6-13(18)8-14(7-12)22-3/h6-8,10,16-17,19H,4-5,9H2,1-3H3/t16-,17+/m0/s1. The molecule has 0 aliphatic carbocycles. The Morgan fingerprint density at radius 3 is 2.96 bits per heavy atom. The van der Waals surface area contributed by atoms with Gasteiger partial charge in [0.25, 0.3) is 0 Å². The van der Waals surface area contributed by atoms with Crippen molar-refractivity contribution < 1.29 is 13.9 Å². The molecule has 0 amide bonds. The van der Waals surface area contributed by atoms with Crippen molar-refractivity contribution in [1.82, 2.24) is 15.1 Å².